The van der Waals surface area contributed by atoms with Crippen molar-refractivity contribution in [2.45, 2.75) is 56.9 Å². The zero-order valence-electron chi connectivity index (χ0n) is 24.4. The molecule has 3 aliphatic heterocycles. The number of aromatic nitrogens is 2. The van der Waals surface area contributed by atoms with Gasteiger partial charge in [-0.25, -0.2) is 13.6 Å². The minimum Gasteiger partial charge on any atom is -0.508 e. The van der Waals surface area contributed by atoms with Gasteiger partial charge in [-0.3, -0.25) is 4.90 Å². The monoisotopic (exact) mass is 602 g/mol. The Labute approximate surface area is 251 Å². The number of aryl methyl sites for hydroxylation is 1. The topological polar surface area (TPSA) is 125 Å². The van der Waals surface area contributed by atoms with Crippen LogP contribution in [0.25, 0.3) is 33.0 Å². The number of methoxy groups -OCH3 is 1. The van der Waals surface area contributed by atoms with E-state index in [0.717, 1.165) is 25.8 Å². The lowest BCUT2D eigenvalue weighted by Crippen LogP contribution is -2.35. The number of halogens is 2. The number of alkyl halides is 1. The molecule has 2 aromatic heterocycles. The van der Waals surface area contributed by atoms with Crippen LogP contribution >= 0.6 is 0 Å². The van der Waals surface area contributed by atoms with E-state index in [0.29, 0.717) is 23.5 Å². The molecule has 2 N–H and O–H groups in total. The second-order valence-electron chi connectivity index (χ2n) is 11.8. The highest BCUT2D eigenvalue weighted by molar-refractivity contribution is 6.00. The van der Waals surface area contributed by atoms with Gasteiger partial charge in [0.1, 0.15) is 28.9 Å². The van der Waals surface area contributed by atoms with Crippen LogP contribution < -0.4 is 15.7 Å². The molecule has 0 spiro atoms. The van der Waals surface area contributed by atoms with Crippen molar-refractivity contribution in [3.8, 4) is 23.1 Å². The molecule has 12 heteroatoms. The van der Waals surface area contributed by atoms with Crippen LogP contribution in [-0.2, 0) is 0 Å². The maximum Gasteiger partial charge on any atom is 0.349 e. The zero-order chi connectivity index (χ0) is 30.6. The number of benzene rings is 2. The number of nitrogens with one attached hydrogen (secondary N) is 1. The van der Waals surface area contributed by atoms with Crippen molar-refractivity contribution in [1.82, 2.24) is 14.9 Å². The largest absolute Gasteiger partial charge is 0.508 e. The van der Waals surface area contributed by atoms with E-state index < -0.39 is 23.3 Å². The van der Waals surface area contributed by atoms with Gasteiger partial charge in [-0.15, -0.1) is 0 Å². The van der Waals surface area contributed by atoms with Crippen LogP contribution in [0, 0.1) is 18.7 Å². The van der Waals surface area contributed by atoms with Crippen LogP contribution in [0.3, 0.4) is 0 Å². The Morgan fingerprint density at radius 2 is 2.02 bits per heavy atom. The third-order valence-electron chi connectivity index (χ3n) is 8.92. The summed E-state index contributed by atoms with van der Waals surface area (Å²) in [6, 6.07) is 7.99. The first-order valence-electron chi connectivity index (χ1n) is 14.8. The second-order valence-corrected chi connectivity index (χ2v) is 11.8. The van der Waals surface area contributed by atoms with Crippen LogP contribution in [0.5, 0.6) is 11.8 Å². The maximum atomic E-state index is 14.9. The molecule has 8 rings (SSSR count). The van der Waals surface area contributed by atoms with Crippen molar-refractivity contribution < 1.29 is 23.0 Å². The number of hydrogen-bond acceptors (Lipinski definition) is 10. The predicted octanol–water partition coefficient (Wildman–Crippen LogP) is 6.26. The van der Waals surface area contributed by atoms with Gasteiger partial charge in [0.2, 0.25) is 0 Å². The Bertz CT molecular complexity index is 1860. The highest BCUT2D eigenvalue weighted by Crippen LogP contribution is 2.46. The summed E-state index contributed by atoms with van der Waals surface area (Å²) in [7, 11) is 1.43. The average Bonchev–Trinajstić information content (AvgIpc) is 3.45. The van der Waals surface area contributed by atoms with E-state index in [-0.39, 0.29) is 51.1 Å². The number of azo groups is 1. The summed E-state index contributed by atoms with van der Waals surface area (Å²) in [5.74, 6) is -0.0770. The molecule has 228 valence electrons. The van der Waals surface area contributed by atoms with Crippen LogP contribution in [0.15, 0.2) is 62.0 Å². The number of ether oxygens (including phenoxy) is 1. The van der Waals surface area contributed by atoms with Gasteiger partial charge >= 0.3 is 11.6 Å². The summed E-state index contributed by atoms with van der Waals surface area (Å²) in [6.07, 6.45) is 8.19. The molecule has 10 nitrogen and oxygen atoms in total. The molecule has 1 aliphatic carbocycles. The first kappa shape index (κ1) is 28.3. The van der Waals surface area contributed by atoms with E-state index in [9.17, 15) is 18.7 Å². The van der Waals surface area contributed by atoms with Crippen molar-refractivity contribution >= 4 is 27.5 Å². The number of phenols is 1. The molecular formula is C32H32F2N6O4. The third kappa shape index (κ3) is 4.96. The Morgan fingerprint density at radius 3 is 2.75 bits per heavy atom. The van der Waals surface area contributed by atoms with Gasteiger partial charge in [-0.1, -0.05) is 12.1 Å². The standard InChI is InChI=1S/C25H20FN5O4.C7H12FN/c1-12-20-19(22(29-24(28-20)34-2)30-25(14-6-7-14)8-9-27-31-25)23(33)35-21(12)16-11-15(32)10-13-4-3-5-17(26)18(13)16;8-6-4-7-2-1-3-9(7)5-6/h3-5,8-11,14,32H,6-7H2,1-2H3,(H,28,29,30);6-7H,1-5H2. The molecule has 3 atom stereocenters. The molecule has 0 amide bonds. The fourth-order valence-electron chi connectivity index (χ4n) is 6.65. The molecule has 2 saturated heterocycles. The number of rotatable bonds is 5. The van der Waals surface area contributed by atoms with Gasteiger partial charge < -0.3 is 19.6 Å². The number of aromatic hydroxyl groups is 1. The third-order valence-corrected chi connectivity index (χ3v) is 8.92. The summed E-state index contributed by atoms with van der Waals surface area (Å²) >= 11 is 0. The molecule has 5 heterocycles. The number of anilines is 1. The van der Waals surface area contributed by atoms with Gasteiger partial charge in [0.15, 0.2) is 11.5 Å². The lowest BCUT2D eigenvalue weighted by atomic mass is 9.98. The molecule has 3 unspecified atom stereocenters. The van der Waals surface area contributed by atoms with Crippen molar-refractivity contribution in [2.24, 2.45) is 16.1 Å². The van der Waals surface area contributed by atoms with E-state index in [4.69, 9.17) is 9.15 Å². The minimum absolute atomic E-state index is 0.0384. The van der Waals surface area contributed by atoms with Gasteiger partial charge in [-0.2, -0.15) is 20.2 Å². The lowest BCUT2D eigenvalue weighted by molar-refractivity contribution is 0.292. The van der Waals surface area contributed by atoms with Gasteiger partial charge in [0.25, 0.3) is 0 Å². The van der Waals surface area contributed by atoms with Crippen LogP contribution in [0.1, 0.15) is 37.7 Å². The zero-order valence-corrected chi connectivity index (χ0v) is 24.4. The number of hydrogen-bond donors (Lipinski definition) is 2. The van der Waals surface area contributed by atoms with E-state index in [1.54, 1.807) is 25.3 Å². The van der Waals surface area contributed by atoms with Crippen molar-refractivity contribution in [3.05, 3.63) is 64.4 Å². The fourth-order valence-corrected chi connectivity index (χ4v) is 6.65. The molecule has 2 aromatic carbocycles. The molecule has 3 fully saturated rings. The highest BCUT2D eigenvalue weighted by atomic mass is 19.1. The number of phenolic OH excluding ortho intramolecular Hbond substituents is 1. The molecule has 0 radical (unpaired) electrons. The molecular weight excluding hydrogens is 570 g/mol. The van der Waals surface area contributed by atoms with Gasteiger partial charge in [0, 0.05) is 41.2 Å². The van der Waals surface area contributed by atoms with Crippen LogP contribution in [0.4, 0.5) is 14.6 Å². The smallest absolute Gasteiger partial charge is 0.349 e. The lowest BCUT2D eigenvalue weighted by Gasteiger charge is -2.25. The van der Waals surface area contributed by atoms with E-state index in [2.05, 4.69) is 30.4 Å². The average molecular weight is 603 g/mol. The van der Waals surface area contributed by atoms with Crippen molar-refractivity contribution in [2.75, 3.05) is 25.5 Å². The van der Waals surface area contributed by atoms with Crippen molar-refractivity contribution in [1.29, 1.82) is 0 Å². The van der Waals surface area contributed by atoms with Gasteiger partial charge in [0.05, 0.1) is 12.6 Å². The Balaban J connectivity index is 0.000000296. The first-order valence-corrected chi connectivity index (χ1v) is 14.8. The van der Waals surface area contributed by atoms with Crippen molar-refractivity contribution in [3.63, 3.8) is 0 Å². The first-order chi connectivity index (χ1) is 21.3. The Morgan fingerprint density at radius 1 is 1.18 bits per heavy atom. The molecule has 1 saturated carbocycles. The molecule has 44 heavy (non-hydrogen) atoms. The number of nitrogens with zero attached hydrogens (tertiary/aromatic N) is 5. The van der Waals surface area contributed by atoms with E-state index >= 15 is 0 Å². The molecule has 0 bridgehead atoms. The second kappa shape index (κ2) is 10.9. The molecule has 4 aliphatic rings. The quantitative estimate of drug-likeness (QED) is 0.274. The summed E-state index contributed by atoms with van der Waals surface area (Å²) in [6.45, 7) is 3.56. The highest BCUT2D eigenvalue weighted by Gasteiger charge is 2.46. The van der Waals surface area contributed by atoms with Crippen LogP contribution in [-0.4, -0.2) is 58.1 Å². The van der Waals surface area contributed by atoms with E-state index in [1.165, 1.54) is 38.2 Å². The van der Waals surface area contributed by atoms with E-state index in [1.807, 2.05) is 6.08 Å². The summed E-state index contributed by atoms with van der Waals surface area (Å²) in [5, 5.41) is 22.7. The maximum absolute atomic E-state index is 14.9. The fraction of sp³-hybridized carbons (Fsp3) is 0.406. The minimum atomic E-state index is -0.810. The van der Waals surface area contributed by atoms with Crippen LogP contribution in [0.2, 0.25) is 0 Å². The van der Waals surface area contributed by atoms with Gasteiger partial charge in [-0.05, 0) is 75.2 Å². The Hall–Kier alpha value is -4.45. The summed E-state index contributed by atoms with van der Waals surface area (Å²) < 4.78 is 38.5. The summed E-state index contributed by atoms with van der Waals surface area (Å²) in [4.78, 5) is 24.4. The predicted molar refractivity (Wildman–Crippen MR) is 161 cm³/mol. The summed E-state index contributed by atoms with van der Waals surface area (Å²) in [5.41, 5.74) is -0.548. The Kier molecular flexibility index (Phi) is 7.03. The molecule has 4 aromatic rings. The number of fused-ring (bicyclic) bond motifs is 3. The normalized spacial score (nSPS) is 24.1. The SMILES string of the molecule is COc1nc(NC2(C3CC3)C=CN=N2)c2c(=O)oc(-c3cc(O)cc4cccc(F)c34)c(C)c2n1.FC1CC2CCCN2C1.